The molecule has 2 aromatic rings. The molecule has 0 saturated heterocycles. The topological polar surface area (TPSA) is 73.2 Å². The molecule has 25 heavy (non-hydrogen) atoms. The number of amides is 1. The minimum absolute atomic E-state index is 0.156. The molecule has 0 aliphatic heterocycles. The van der Waals surface area contributed by atoms with Gasteiger partial charge in [0.2, 0.25) is 0 Å². The highest BCUT2D eigenvalue weighted by Crippen LogP contribution is 2.24. The van der Waals surface area contributed by atoms with Gasteiger partial charge in [-0.3, -0.25) is 4.79 Å². The molecule has 0 unspecified atom stereocenters. The Morgan fingerprint density at radius 2 is 1.88 bits per heavy atom. The van der Waals surface area contributed by atoms with Crippen molar-refractivity contribution in [2.45, 2.75) is 33.8 Å². The minimum atomic E-state index is -0.915. The predicted octanol–water partition coefficient (Wildman–Crippen LogP) is 3.15. The first-order valence-corrected chi connectivity index (χ1v) is 8.48. The standard InChI is InChI=1S/C18H22ClN3O3/c1-11(2)10-20-17(23)13(4)25-18(24)15-12(3)21-22(16(15)19)14-8-6-5-7-9-14/h5-9,11,13H,10H2,1-4H3,(H,20,23)/t13-/m1/s1. The molecule has 1 amide bonds. The van der Waals surface area contributed by atoms with Gasteiger partial charge in [-0.15, -0.1) is 0 Å². The molecule has 6 nitrogen and oxygen atoms in total. The molecule has 1 atom stereocenters. The van der Waals surface area contributed by atoms with Crippen LogP contribution >= 0.6 is 11.6 Å². The summed E-state index contributed by atoms with van der Waals surface area (Å²) >= 11 is 6.32. The molecule has 0 bridgehead atoms. The van der Waals surface area contributed by atoms with Crippen LogP contribution in [0.3, 0.4) is 0 Å². The summed E-state index contributed by atoms with van der Waals surface area (Å²) in [6, 6.07) is 9.23. The van der Waals surface area contributed by atoms with Crippen LogP contribution < -0.4 is 5.32 Å². The molecular weight excluding hydrogens is 342 g/mol. The van der Waals surface area contributed by atoms with Crippen molar-refractivity contribution in [2.24, 2.45) is 5.92 Å². The number of halogens is 1. The van der Waals surface area contributed by atoms with Crippen molar-refractivity contribution in [2.75, 3.05) is 6.54 Å². The van der Waals surface area contributed by atoms with Crippen LogP contribution in [0, 0.1) is 12.8 Å². The summed E-state index contributed by atoms with van der Waals surface area (Å²) in [6.45, 7) is 7.69. The number of para-hydroxylation sites is 1. The van der Waals surface area contributed by atoms with Crippen molar-refractivity contribution < 1.29 is 14.3 Å². The molecule has 0 spiro atoms. The maximum absolute atomic E-state index is 12.4. The number of esters is 1. The van der Waals surface area contributed by atoms with Gasteiger partial charge in [0.15, 0.2) is 6.10 Å². The SMILES string of the molecule is Cc1nn(-c2ccccc2)c(Cl)c1C(=O)O[C@H](C)C(=O)NCC(C)C. The first-order chi connectivity index (χ1) is 11.8. The smallest absolute Gasteiger partial charge is 0.344 e. The summed E-state index contributed by atoms with van der Waals surface area (Å²) in [5.41, 5.74) is 1.33. The zero-order valence-corrected chi connectivity index (χ0v) is 15.5. The van der Waals surface area contributed by atoms with Crippen LogP contribution in [-0.4, -0.2) is 34.3 Å². The van der Waals surface area contributed by atoms with Crippen LogP contribution in [0.4, 0.5) is 0 Å². The molecule has 2 rings (SSSR count). The normalized spacial score (nSPS) is 12.1. The Balaban J connectivity index is 2.15. The second-order valence-electron chi connectivity index (χ2n) is 6.19. The van der Waals surface area contributed by atoms with Gasteiger partial charge in [-0.1, -0.05) is 43.6 Å². The summed E-state index contributed by atoms with van der Waals surface area (Å²) < 4.78 is 6.72. The van der Waals surface area contributed by atoms with Crippen LogP contribution in [-0.2, 0) is 9.53 Å². The molecule has 0 radical (unpaired) electrons. The van der Waals surface area contributed by atoms with E-state index in [0.717, 1.165) is 5.69 Å². The van der Waals surface area contributed by atoms with E-state index in [1.165, 1.54) is 11.6 Å². The fourth-order valence-corrected chi connectivity index (χ4v) is 2.54. The number of hydrogen-bond acceptors (Lipinski definition) is 4. The van der Waals surface area contributed by atoms with Crippen LogP contribution in [0.1, 0.15) is 36.8 Å². The lowest BCUT2D eigenvalue weighted by atomic mass is 10.2. The summed E-state index contributed by atoms with van der Waals surface area (Å²) in [6.07, 6.45) is -0.915. The van der Waals surface area contributed by atoms with E-state index in [2.05, 4.69) is 10.4 Å². The number of benzene rings is 1. The molecule has 7 heteroatoms. The van der Waals surface area contributed by atoms with E-state index in [-0.39, 0.29) is 16.6 Å². The summed E-state index contributed by atoms with van der Waals surface area (Å²) in [5.74, 6) is -0.698. The largest absolute Gasteiger partial charge is 0.449 e. The van der Waals surface area contributed by atoms with E-state index in [1.54, 1.807) is 6.92 Å². The lowest BCUT2D eigenvalue weighted by Crippen LogP contribution is -2.37. The third kappa shape index (κ3) is 4.60. The first-order valence-electron chi connectivity index (χ1n) is 8.10. The van der Waals surface area contributed by atoms with Crippen molar-refractivity contribution in [3.63, 3.8) is 0 Å². The Morgan fingerprint density at radius 1 is 1.24 bits per heavy atom. The number of ether oxygens (including phenoxy) is 1. The summed E-state index contributed by atoms with van der Waals surface area (Å²) in [5, 5.41) is 7.18. The van der Waals surface area contributed by atoms with Crippen LogP contribution in [0.5, 0.6) is 0 Å². The number of nitrogens with zero attached hydrogens (tertiary/aromatic N) is 2. The second-order valence-corrected chi connectivity index (χ2v) is 6.54. The van der Waals surface area contributed by atoms with Crippen LogP contribution in [0.2, 0.25) is 5.15 Å². The van der Waals surface area contributed by atoms with E-state index in [1.807, 2.05) is 44.2 Å². The number of hydrogen-bond donors (Lipinski definition) is 1. The molecule has 1 aromatic heterocycles. The number of carbonyl (C=O) groups excluding carboxylic acids is 2. The van der Waals surface area contributed by atoms with Crippen molar-refractivity contribution in [3.05, 3.63) is 46.7 Å². The first kappa shape index (κ1) is 19.0. The highest BCUT2D eigenvalue weighted by Gasteiger charge is 2.26. The third-order valence-electron chi connectivity index (χ3n) is 3.55. The number of rotatable bonds is 6. The van der Waals surface area contributed by atoms with E-state index in [4.69, 9.17) is 16.3 Å². The monoisotopic (exact) mass is 363 g/mol. The fraction of sp³-hybridized carbons (Fsp3) is 0.389. The Kier molecular flexibility index (Phi) is 6.20. The number of nitrogens with one attached hydrogen (secondary N) is 1. The Hall–Kier alpha value is -2.34. The molecule has 1 aromatic carbocycles. The highest BCUT2D eigenvalue weighted by atomic mass is 35.5. The predicted molar refractivity (Wildman–Crippen MR) is 96.0 cm³/mol. The van der Waals surface area contributed by atoms with E-state index in [9.17, 15) is 9.59 Å². The van der Waals surface area contributed by atoms with Crippen LogP contribution in [0.15, 0.2) is 30.3 Å². The highest BCUT2D eigenvalue weighted by molar-refractivity contribution is 6.33. The quantitative estimate of drug-likeness (QED) is 0.800. The zero-order valence-electron chi connectivity index (χ0n) is 14.7. The summed E-state index contributed by atoms with van der Waals surface area (Å²) in [7, 11) is 0. The number of carbonyl (C=O) groups is 2. The minimum Gasteiger partial charge on any atom is -0.449 e. The fourth-order valence-electron chi connectivity index (χ4n) is 2.19. The van der Waals surface area contributed by atoms with E-state index in [0.29, 0.717) is 18.2 Å². The van der Waals surface area contributed by atoms with Gasteiger partial charge in [-0.05, 0) is 31.9 Å². The Labute approximate surface area is 152 Å². The van der Waals surface area contributed by atoms with Crippen molar-refractivity contribution >= 4 is 23.5 Å². The Bertz CT molecular complexity index is 756. The molecule has 1 heterocycles. The lowest BCUT2D eigenvalue weighted by Gasteiger charge is -2.14. The second kappa shape index (κ2) is 8.16. The average molecular weight is 364 g/mol. The molecule has 0 aliphatic rings. The Morgan fingerprint density at radius 3 is 2.48 bits per heavy atom. The van der Waals surface area contributed by atoms with Gasteiger partial charge in [0.05, 0.1) is 11.4 Å². The van der Waals surface area contributed by atoms with Gasteiger partial charge in [0.25, 0.3) is 5.91 Å². The van der Waals surface area contributed by atoms with E-state index >= 15 is 0 Å². The molecule has 0 fully saturated rings. The molecule has 0 saturated carbocycles. The molecule has 134 valence electrons. The third-order valence-corrected chi connectivity index (χ3v) is 3.90. The molecule has 0 aliphatic carbocycles. The lowest BCUT2D eigenvalue weighted by molar-refractivity contribution is -0.129. The van der Waals surface area contributed by atoms with Gasteiger partial charge in [-0.25, -0.2) is 9.48 Å². The van der Waals surface area contributed by atoms with Gasteiger partial charge in [0.1, 0.15) is 10.7 Å². The van der Waals surface area contributed by atoms with Crippen molar-refractivity contribution in [1.29, 1.82) is 0 Å². The van der Waals surface area contributed by atoms with Gasteiger partial charge in [0, 0.05) is 6.54 Å². The summed E-state index contributed by atoms with van der Waals surface area (Å²) in [4.78, 5) is 24.4. The van der Waals surface area contributed by atoms with Crippen molar-refractivity contribution in [1.82, 2.24) is 15.1 Å². The van der Waals surface area contributed by atoms with Gasteiger partial charge < -0.3 is 10.1 Å². The zero-order chi connectivity index (χ0) is 18.6. The number of aromatic nitrogens is 2. The van der Waals surface area contributed by atoms with Crippen molar-refractivity contribution in [3.8, 4) is 5.69 Å². The van der Waals surface area contributed by atoms with Gasteiger partial charge >= 0.3 is 5.97 Å². The molecular formula is C18H22ClN3O3. The van der Waals surface area contributed by atoms with E-state index < -0.39 is 12.1 Å². The maximum Gasteiger partial charge on any atom is 0.344 e. The van der Waals surface area contributed by atoms with Gasteiger partial charge in [-0.2, -0.15) is 5.10 Å². The maximum atomic E-state index is 12.4. The molecule has 1 N–H and O–H groups in total. The van der Waals surface area contributed by atoms with Crippen LogP contribution in [0.25, 0.3) is 5.69 Å². The average Bonchev–Trinajstić information content (AvgIpc) is 2.87. The number of aryl methyl sites for hydroxylation is 1.